The Morgan fingerprint density at radius 2 is 1.61 bits per heavy atom. The van der Waals surface area contributed by atoms with Crippen LogP contribution in [-0.2, 0) is 19.6 Å². The van der Waals surface area contributed by atoms with Gasteiger partial charge >= 0.3 is 0 Å². The summed E-state index contributed by atoms with van der Waals surface area (Å²) < 4.78 is 25.8. The van der Waals surface area contributed by atoms with Gasteiger partial charge in [-0.1, -0.05) is 19.3 Å². The molecule has 0 heterocycles. The smallest absolute Gasteiger partial charge is 0.242 e. The average molecular weight is 347 g/mol. The second-order valence-corrected chi connectivity index (χ2v) is 9.20. The molecule has 0 aromatic rings. The lowest BCUT2D eigenvalue weighted by Crippen LogP contribution is -2.62. The zero-order valence-electron chi connectivity index (χ0n) is 14.7. The standard InChI is InChI=1S/C15H29N3O4S/c1-11(12(19)17-14(2,3)4)16-13(20)15(18-23(5,21)22)9-7-6-8-10-15/h11,18H,6-10H2,1-5H3,(H,16,20)(H,17,19)/t11-/m1/s1. The normalized spacial score (nSPS) is 19.7. The molecule has 1 fully saturated rings. The molecule has 23 heavy (non-hydrogen) atoms. The molecule has 2 amide bonds. The van der Waals surface area contributed by atoms with Crippen LogP contribution in [0.5, 0.6) is 0 Å². The van der Waals surface area contributed by atoms with Crippen LogP contribution < -0.4 is 15.4 Å². The van der Waals surface area contributed by atoms with Crippen LogP contribution in [0.15, 0.2) is 0 Å². The highest BCUT2D eigenvalue weighted by atomic mass is 32.2. The monoisotopic (exact) mass is 347 g/mol. The molecule has 0 spiro atoms. The Kier molecular flexibility index (Phi) is 6.20. The van der Waals surface area contributed by atoms with E-state index in [0.29, 0.717) is 12.8 Å². The number of rotatable bonds is 5. The Labute approximate surface area is 139 Å². The summed E-state index contributed by atoms with van der Waals surface area (Å²) in [6.07, 6.45) is 4.46. The van der Waals surface area contributed by atoms with Crippen LogP contribution in [0.2, 0.25) is 0 Å². The van der Waals surface area contributed by atoms with Crippen LogP contribution in [0, 0.1) is 0 Å². The largest absolute Gasteiger partial charge is 0.350 e. The van der Waals surface area contributed by atoms with Gasteiger partial charge in [-0.3, -0.25) is 9.59 Å². The summed E-state index contributed by atoms with van der Waals surface area (Å²) in [5.74, 6) is -0.727. The topological polar surface area (TPSA) is 104 Å². The van der Waals surface area contributed by atoms with Gasteiger partial charge in [0.25, 0.3) is 0 Å². The van der Waals surface area contributed by atoms with Gasteiger partial charge < -0.3 is 10.6 Å². The van der Waals surface area contributed by atoms with E-state index in [1.165, 1.54) is 0 Å². The Bertz CT molecular complexity index is 546. The third-order valence-electron chi connectivity index (χ3n) is 3.76. The van der Waals surface area contributed by atoms with Crippen molar-refractivity contribution in [2.75, 3.05) is 6.26 Å². The fourth-order valence-electron chi connectivity index (χ4n) is 2.76. The van der Waals surface area contributed by atoms with E-state index in [4.69, 9.17) is 0 Å². The SMILES string of the molecule is C[C@@H](NC(=O)C1(NS(C)(=O)=O)CCCCC1)C(=O)NC(C)(C)C. The van der Waals surface area contributed by atoms with Crippen LogP contribution in [0.4, 0.5) is 0 Å². The van der Waals surface area contributed by atoms with Crippen molar-refractivity contribution >= 4 is 21.8 Å². The van der Waals surface area contributed by atoms with Gasteiger partial charge in [0.05, 0.1) is 6.26 Å². The molecule has 1 saturated carbocycles. The van der Waals surface area contributed by atoms with Crippen molar-refractivity contribution in [1.29, 1.82) is 0 Å². The number of nitrogens with one attached hydrogen (secondary N) is 3. The Morgan fingerprint density at radius 3 is 2.04 bits per heavy atom. The van der Waals surface area contributed by atoms with Crippen molar-refractivity contribution < 1.29 is 18.0 Å². The minimum atomic E-state index is -3.52. The number of amides is 2. The first-order chi connectivity index (χ1) is 10.3. The summed E-state index contributed by atoms with van der Waals surface area (Å²) >= 11 is 0. The highest BCUT2D eigenvalue weighted by Gasteiger charge is 2.42. The van der Waals surface area contributed by atoms with Crippen LogP contribution in [0.3, 0.4) is 0 Å². The first-order valence-electron chi connectivity index (χ1n) is 7.97. The molecule has 0 aliphatic heterocycles. The third kappa shape index (κ3) is 6.47. The molecule has 8 heteroatoms. The number of carbonyl (C=O) groups is 2. The summed E-state index contributed by atoms with van der Waals surface area (Å²) in [6, 6.07) is -0.734. The molecule has 0 unspecified atom stereocenters. The highest BCUT2D eigenvalue weighted by Crippen LogP contribution is 2.29. The Hall–Kier alpha value is -1.15. The zero-order chi connectivity index (χ0) is 17.9. The second kappa shape index (κ2) is 7.17. The maximum Gasteiger partial charge on any atom is 0.242 e. The Balaban J connectivity index is 2.83. The van der Waals surface area contributed by atoms with E-state index in [0.717, 1.165) is 25.5 Å². The molecule has 1 aliphatic carbocycles. The Morgan fingerprint density at radius 1 is 1.09 bits per heavy atom. The van der Waals surface area contributed by atoms with E-state index in [9.17, 15) is 18.0 Å². The van der Waals surface area contributed by atoms with Crippen molar-refractivity contribution in [3.8, 4) is 0 Å². The van der Waals surface area contributed by atoms with Crippen molar-refractivity contribution in [3.05, 3.63) is 0 Å². The molecule has 3 N–H and O–H groups in total. The van der Waals surface area contributed by atoms with Gasteiger partial charge in [-0.15, -0.1) is 0 Å². The molecule has 0 saturated heterocycles. The predicted molar refractivity (Wildman–Crippen MR) is 89.3 cm³/mol. The number of sulfonamides is 1. The quantitative estimate of drug-likeness (QED) is 0.679. The van der Waals surface area contributed by atoms with Crippen LogP contribution in [-0.4, -0.2) is 43.6 Å². The lowest BCUT2D eigenvalue weighted by molar-refractivity contribution is -0.133. The van der Waals surface area contributed by atoms with E-state index >= 15 is 0 Å². The fraction of sp³-hybridized carbons (Fsp3) is 0.867. The van der Waals surface area contributed by atoms with Gasteiger partial charge in [0.15, 0.2) is 0 Å². The highest BCUT2D eigenvalue weighted by molar-refractivity contribution is 7.88. The molecule has 1 atom stereocenters. The summed E-state index contributed by atoms with van der Waals surface area (Å²) in [5.41, 5.74) is -1.55. The summed E-state index contributed by atoms with van der Waals surface area (Å²) in [5, 5.41) is 5.45. The third-order valence-corrected chi connectivity index (χ3v) is 4.52. The van der Waals surface area contributed by atoms with E-state index in [2.05, 4.69) is 15.4 Å². The molecule has 0 aromatic heterocycles. The van der Waals surface area contributed by atoms with Gasteiger partial charge in [0, 0.05) is 5.54 Å². The minimum absolute atomic E-state index is 0.295. The number of carbonyl (C=O) groups excluding carboxylic acids is 2. The van der Waals surface area contributed by atoms with Gasteiger partial charge in [-0.2, -0.15) is 4.72 Å². The number of hydrogen-bond acceptors (Lipinski definition) is 4. The first kappa shape index (κ1) is 19.9. The molecule has 0 bridgehead atoms. The molecule has 0 radical (unpaired) electrons. The summed E-state index contributed by atoms with van der Waals surface area (Å²) in [4.78, 5) is 24.8. The van der Waals surface area contributed by atoms with Crippen LogP contribution >= 0.6 is 0 Å². The number of hydrogen-bond donors (Lipinski definition) is 3. The lowest BCUT2D eigenvalue weighted by Gasteiger charge is -2.36. The van der Waals surface area contributed by atoms with Crippen LogP contribution in [0.1, 0.15) is 59.8 Å². The van der Waals surface area contributed by atoms with Gasteiger partial charge in [0.1, 0.15) is 11.6 Å². The van der Waals surface area contributed by atoms with Gasteiger partial charge in [-0.25, -0.2) is 8.42 Å². The summed E-state index contributed by atoms with van der Waals surface area (Å²) in [6.45, 7) is 7.16. The molecule has 134 valence electrons. The molecule has 1 rings (SSSR count). The summed E-state index contributed by atoms with van der Waals surface area (Å²) in [7, 11) is -3.52. The van der Waals surface area contributed by atoms with Crippen molar-refractivity contribution in [3.63, 3.8) is 0 Å². The van der Waals surface area contributed by atoms with E-state index in [1.54, 1.807) is 6.92 Å². The van der Waals surface area contributed by atoms with E-state index in [1.807, 2.05) is 20.8 Å². The van der Waals surface area contributed by atoms with Crippen LogP contribution in [0.25, 0.3) is 0 Å². The second-order valence-electron chi connectivity index (χ2n) is 7.45. The van der Waals surface area contributed by atoms with Gasteiger partial charge in [0.2, 0.25) is 21.8 Å². The maximum absolute atomic E-state index is 12.7. The van der Waals surface area contributed by atoms with Gasteiger partial charge in [-0.05, 0) is 40.5 Å². The first-order valence-corrected chi connectivity index (χ1v) is 9.86. The maximum atomic E-state index is 12.7. The fourth-order valence-corrected chi connectivity index (χ4v) is 3.77. The van der Waals surface area contributed by atoms with E-state index in [-0.39, 0.29) is 5.91 Å². The predicted octanol–water partition coefficient (Wildman–Crippen LogP) is 0.658. The molecular formula is C15H29N3O4S. The lowest BCUT2D eigenvalue weighted by atomic mass is 9.81. The van der Waals surface area contributed by atoms with Crippen molar-refractivity contribution in [2.24, 2.45) is 0 Å². The minimum Gasteiger partial charge on any atom is -0.350 e. The zero-order valence-corrected chi connectivity index (χ0v) is 15.5. The molecule has 7 nitrogen and oxygen atoms in total. The molecule has 0 aromatic carbocycles. The molecular weight excluding hydrogens is 318 g/mol. The van der Waals surface area contributed by atoms with E-state index < -0.39 is 33.1 Å². The molecule has 1 aliphatic rings. The average Bonchev–Trinajstić information content (AvgIpc) is 2.35. The van der Waals surface area contributed by atoms with Crippen molar-refractivity contribution in [2.45, 2.75) is 76.9 Å². The van der Waals surface area contributed by atoms with Crippen molar-refractivity contribution in [1.82, 2.24) is 15.4 Å².